The molecule has 1 aliphatic carbocycles. The van der Waals surface area contributed by atoms with Gasteiger partial charge in [0, 0.05) is 53.6 Å². The van der Waals surface area contributed by atoms with Crippen molar-refractivity contribution in [1.29, 1.82) is 0 Å². The SMILES string of the molecule is Cc1ccc(C(=O)N2CCc3[nH]c4ccc(-c5ccc(C6CCCCC6)cc5)cc4c3C2)cn1. The maximum Gasteiger partial charge on any atom is 0.255 e. The normalized spacial score (nSPS) is 16.6. The number of benzene rings is 2. The van der Waals surface area contributed by atoms with Crippen LogP contribution in [0.5, 0.6) is 0 Å². The summed E-state index contributed by atoms with van der Waals surface area (Å²) in [4.78, 5) is 23.0. The Bertz CT molecular complexity index is 1330. The molecule has 4 aromatic rings. The zero-order chi connectivity index (χ0) is 23.1. The largest absolute Gasteiger partial charge is 0.358 e. The average Bonchev–Trinajstić information content (AvgIpc) is 3.26. The first-order chi connectivity index (χ1) is 16.7. The molecule has 6 rings (SSSR count). The molecule has 1 aliphatic heterocycles. The lowest BCUT2D eigenvalue weighted by molar-refractivity contribution is 0.0734. The number of nitrogens with zero attached hydrogens (tertiary/aromatic N) is 2. The van der Waals surface area contributed by atoms with Crippen LogP contribution >= 0.6 is 0 Å². The molecule has 0 saturated heterocycles. The number of aromatic nitrogens is 2. The van der Waals surface area contributed by atoms with E-state index in [2.05, 4.69) is 52.4 Å². The van der Waals surface area contributed by atoms with Crippen LogP contribution in [0.1, 0.15) is 70.9 Å². The van der Waals surface area contributed by atoms with E-state index >= 15 is 0 Å². The number of H-pyrrole nitrogens is 1. The Morgan fingerprint density at radius 2 is 1.76 bits per heavy atom. The van der Waals surface area contributed by atoms with Gasteiger partial charge >= 0.3 is 0 Å². The summed E-state index contributed by atoms with van der Waals surface area (Å²) in [5, 5.41) is 1.23. The zero-order valence-electron chi connectivity index (χ0n) is 19.8. The van der Waals surface area contributed by atoms with Gasteiger partial charge in [-0.1, -0.05) is 49.6 Å². The minimum absolute atomic E-state index is 0.0574. The lowest BCUT2D eigenvalue weighted by atomic mass is 9.83. The summed E-state index contributed by atoms with van der Waals surface area (Å²) in [6, 6.07) is 19.7. The third-order valence-electron chi connectivity index (χ3n) is 7.74. The molecule has 3 heterocycles. The molecule has 0 spiro atoms. The summed E-state index contributed by atoms with van der Waals surface area (Å²) in [6.07, 6.45) is 9.31. The Labute approximate surface area is 201 Å². The van der Waals surface area contributed by atoms with Crippen molar-refractivity contribution in [2.75, 3.05) is 6.54 Å². The monoisotopic (exact) mass is 449 g/mol. The second kappa shape index (κ2) is 8.75. The second-order valence-corrected chi connectivity index (χ2v) is 9.96. The van der Waals surface area contributed by atoms with Gasteiger partial charge in [0.05, 0.1) is 5.56 Å². The van der Waals surface area contributed by atoms with Gasteiger partial charge in [-0.25, -0.2) is 0 Å². The predicted molar refractivity (Wildman–Crippen MR) is 137 cm³/mol. The van der Waals surface area contributed by atoms with E-state index in [0.29, 0.717) is 12.1 Å². The molecule has 0 radical (unpaired) electrons. The number of amides is 1. The van der Waals surface area contributed by atoms with Crippen molar-refractivity contribution in [2.45, 2.75) is 57.9 Å². The highest BCUT2D eigenvalue weighted by Gasteiger charge is 2.25. The van der Waals surface area contributed by atoms with Gasteiger partial charge in [0.2, 0.25) is 0 Å². The lowest BCUT2D eigenvalue weighted by Gasteiger charge is -2.27. The van der Waals surface area contributed by atoms with Gasteiger partial charge in [-0.2, -0.15) is 0 Å². The van der Waals surface area contributed by atoms with Crippen LogP contribution in [0.3, 0.4) is 0 Å². The van der Waals surface area contributed by atoms with Crippen LogP contribution in [0.15, 0.2) is 60.8 Å². The van der Waals surface area contributed by atoms with Gasteiger partial charge in [-0.05, 0) is 66.6 Å². The van der Waals surface area contributed by atoms with Crippen molar-refractivity contribution in [2.24, 2.45) is 0 Å². The standard InChI is InChI=1S/C30H31N3O/c1-20-7-8-25(18-31-20)30(34)33-16-15-29-27(19-33)26-17-24(13-14-28(26)32-29)23-11-9-22(10-12-23)21-5-3-2-4-6-21/h7-14,17-18,21,32H,2-6,15-16,19H2,1H3. The van der Waals surface area contributed by atoms with E-state index in [1.807, 2.05) is 24.0 Å². The van der Waals surface area contributed by atoms with Crippen molar-refractivity contribution in [1.82, 2.24) is 14.9 Å². The van der Waals surface area contributed by atoms with Crippen LogP contribution in [-0.2, 0) is 13.0 Å². The molecule has 1 N–H and O–H groups in total. The predicted octanol–water partition coefficient (Wildman–Crippen LogP) is 6.78. The summed E-state index contributed by atoms with van der Waals surface area (Å²) in [5.74, 6) is 0.788. The summed E-state index contributed by atoms with van der Waals surface area (Å²) in [7, 11) is 0. The fourth-order valence-electron chi connectivity index (χ4n) is 5.73. The van der Waals surface area contributed by atoms with Crippen LogP contribution in [0.2, 0.25) is 0 Å². The van der Waals surface area contributed by atoms with E-state index < -0.39 is 0 Å². The van der Waals surface area contributed by atoms with Crippen molar-refractivity contribution in [3.8, 4) is 11.1 Å². The molecule has 1 amide bonds. The van der Waals surface area contributed by atoms with Gasteiger partial charge in [0.1, 0.15) is 0 Å². The number of hydrogen-bond acceptors (Lipinski definition) is 2. The molecule has 34 heavy (non-hydrogen) atoms. The molecule has 1 fully saturated rings. The molecule has 0 bridgehead atoms. The van der Waals surface area contributed by atoms with Crippen LogP contribution in [0.4, 0.5) is 0 Å². The van der Waals surface area contributed by atoms with E-state index in [9.17, 15) is 4.79 Å². The summed E-state index contributed by atoms with van der Waals surface area (Å²) < 4.78 is 0. The topological polar surface area (TPSA) is 49.0 Å². The Kier molecular flexibility index (Phi) is 5.44. The lowest BCUT2D eigenvalue weighted by Crippen LogP contribution is -2.35. The maximum absolute atomic E-state index is 13.1. The molecule has 0 atom stereocenters. The number of pyridine rings is 1. The number of aryl methyl sites for hydroxylation is 1. The van der Waals surface area contributed by atoms with Crippen molar-refractivity contribution in [3.63, 3.8) is 0 Å². The van der Waals surface area contributed by atoms with Crippen LogP contribution in [-0.4, -0.2) is 27.3 Å². The molecule has 2 aromatic heterocycles. The van der Waals surface area contributed by atoms with Gasteiger partial charge in [0.15, 0.2) is 0 Å². The highest BCUT2D eigenvalue weighted by molar-refractivity contribution is 5.95. The van der Waals surface area contributed by atoms with Crippen molar-refractivity contribution < 1.29 is 4.79 Å². The van der Waals surface area contributed by atoms with E-state index in [1.165, 1.54) is 65.4 Å². The average molecular weight is 450 g/mol. The van der Waals surface area contributed by atoms with E-state index in [4.69, 9.17) is 0 Å². The highest BCUT2D eigenvalue weighted by atomic mass is 16.2. The molecule has 4 nitrogen and oxygen atoms in total. The van der Waals surface area contributed by atoms with Crippen molar-refractivity contribution in [3.05, 3.63) is 88.9 Å². The maximum atomic E-state index is 13.1. The number of carbonyl (C=O) groups excluding carboxylic acids is 1. The first-order valence-electron chi connectivity index (χ1n) is 12.6. The van der Waals surface area contributed by atoms with Crippen molar-refractivity contribution >= 4 is 16.8 Å². The molecule has 2 aromatic carbocycles. The third kappa shape index (κ3) is 3.91. The molecular formula is C30H31N3O. The van der Waals surface area contributed by atoms with Gasteiger partial charge in [-0.3, -0.25) is 9.78 Å². The summed E-state index contributed by atoms with van der Waals surface area (Å²) in [5.41, 5.74) is 9.21. The molecule has 2 aliphatic rings. The van der Waals surface area contributed by atoms with E-state index in [1.54, 1.807) is 6.20 Å². The quantitative estimate of drug-likeness (QED) is 0.375. The van der Waals surface area contributed by atoms with Gasteiger partial charge in [-0.15, -0.1) is 0 Å². The van der Waals surface area contributed by atoms with Gasteiger partial charge < -0.3 is 9.88 Å². The minimum Gasteiger partial charge on any atom is -0.358 e. The van der Waals surface area contributed by atoms with Crippen LogP contribution < -0.4 is 0 Å². The number of hydrogen-bond donors (Lipinski definition) is 1. The molecule has 4 heteroatoms. The fourth-order valence-corrected chi connectivity index (χ4v) is 5.73. The smallest absolute Gasteiger partial charge is 0.255 e. The number of aromatic amines is 1. The fraction of sp³-hybridized carbons (Fsp3) is 0.333. The number of carbonyl (C=O) groups is 1. The summed E-state index contributed by atoms with van der Waals surface area (Å²) >= 11 is 0. The molecule has 172 valence electrons. The van der Waals surface area contributed by atoms with E-state index in [-0.39, 0.29) is 5.91 Å². The Hall–Kier alpha value is -3.40. The van der Waals surface area contributed by atoms with Crippen LogP contribution in [0, 0.1) is 6.92 Å². The third-order valence-corrected chi connectivity index (χ3v) is 7.74. The Morgan fingerprint density at radius 3 is 2.53 bits per heavy atom. The second-order valence-electron chi connectivity index (χ2n) is 9.96. The molecule has 0 unspecified atom stereocenters. The number of fused-ring (bicyclic) bond motifs is 3. The van der Waals surface area contributed by atoms with E-state index in [0.717, 1.165) is 30.1 Å². The highest BCUT2D eigenvalue weighted by Crippen LogP contribution is 2.35. The first-order valence-corrected chi connectivity index (χ1v) is 12.6. The Balaban J connectivity index is 1.27. The number of nitrogens with one attached hydrogen (secondary N) is 1. The van der Waals surface area contributed by atoms with Gasteiger partial charge in [0.25, 0.3) is 5.91 Å². The van der Waals surface area contributed by atoms with Crippen LogP contribution in [0.25, 0.3) is 22.0 Å². The number of rotatable bonds is 3. The first kappa shape index (κ1) is 21.2. The zero-order valence-corrected chi connectivity index (χ0v) is 19.8. The molecule has 1 saturated carbocycles. The molecular weight excluding hydrogens is 418 g/mol. The summed E-state index contributed by atoms with van der Waals surface area (Å²) in [6.45, 7) is 3.29. The minimum atomic E-state index is 0.0574. The Morgan fingerprint density at radius 1 is 0.971 bits per heavy atom.